The number of hydrogen-bond donors (Lipinski definition) is 1. The molecule has 0 aliphatic heterocycles. The van der Waals surface area contributed by atoms with E-state index >= 15 is 0 Å². The third kappa shape index (κ3) is 4.66. The van der Waals surface area contributed by atoms with Gasteiger partial charge in [0, 0.05) is 13.1 Å². The minimum Gasteiger partial charge on any atom is -0.492 e. The molecule has 2 N–H and O–H groups in total. The quantitative estimate of drug-likeness (QED) is 0.556. The van der Waals surface area contributed by atoms with E-state index in [4.69, 9.17) is 10.5 Å². The van der Waals surface area contributed by atoms with Crippen molar-refractivity contribution in [2.45, 2.75) is 39.3 Å². The van der Waals surface area contributed by atoms with E-state index in [2.05, 4.69) is 80.3 Å². The number of methoxy groups -OCH3 is 1. The molecule has 0 unspecified atom stereocenters. The van der Waals surface area contributed by atoms with Crippen molar-refractivity contribution in [2.75, 3.05) is 17.7 Å². The lowest BCUT2D eigenvalue weighted by atomic mass is 9.86. The number of nitrogen functional groups attached to an aromatic ring is 1. The van der Waals surface area contributed by atoms with Gasteiger partial charge in [0.05, 0.1) is 18.5 Å². The highest BCUT2D eigenvalue weighted by atomic mass is 16.5. The molecule has 3 nitrogen and oxygen atoms in total. The molecule has 3 heteroatoms. The van der Waals surface area contributed by atoms with E-state index in [1.807, 2.05) is 18.2 Å². The van der Waals surface area contributed by atoms with Crippen LogP contribution in [0.15, 0.2) is 72.8 Å². The Morgan fingerprint density at radius 1 is 0.821 bits per heavy atom. The van der Waals surface area contributed by atoms with Crippen LogP contribution < -0.4 is 15.4 Å². The molecule has 146 valence electrons. The molecule has 0 aliphatic rings. The molecule has 0 atom stereocenters. The van der Waals surface area contributed by atoms with Crippen LogP contribution in [0, 0.1) is 0 Å². The average Bonchev–Trinajstić information content (AvgIpc) is 2.68. The van der Waals surface area contributed by atoms with Gasteiger partial charge >= 0.3 is 0 Å². The van der Waals surface area contributed by atoms with Crippen molar-refractivity contribution in [1.82, 2.24) is 0 Å². The van der Waals surface area contributed by atoms with Gasteiger partial charge in [-0.3, -0.25) is 0 Å². The SMILES string of the molecule is COc1c(N)cc(C(C)(C)C)cc1N(Cc1ccccc1)Cc1ccccc1. The number of anilines is 2. The van der Waals surface area contributed by atoms with Crippen LogP contribution in [0.5, 0.6) is 5.75 Å². The Morgan fingerprint density at radius 3 is 1.75 bits per heavy atom. The molecular formula is C25H30N2O. The molecule has 0 saturated carbocycles. The summed E-state index contributed by atoms with van der Waals surface area (Å²) in [6, 6.07) is 25.3. The second-order valence-corrected chi connectivity index (χ2v) is 8.20. The molecule has 0 spiro atoms. The summed E-state index contributed by atoms with van der Waals surface area (Å²) in [5, 5.41) is 0. The van der Waals surface area contributed by atoms with E-state index in [-0.39, 0.29) is 5.41 Å². The third-order valence-electron chi connectivity index (χ3n) is 4.94. The molecule has 0 aromatic heterocycles. The van der Waals surface area contributed by atoms with Gasteiger partial charge < -0.3 is 15.4 Å². The Morgan fingerprint density at radius 2 is 1.32 bits per heavy atom. The number of nitrogens with two attached hydrogens (primary N) is 1. The number of benzene rings is 3. The summed E-state index contributed by atoms with van der Waals surface area (Å²) >= 11 is 0. The number of ether oxygens (including phenoxy) is 1. The fourth-order valence-electron chi connectivity index (χ4n) is 3.36. The number of nitrogens with zero attached hydrogens (tertiary/aromatic N) is 1. The molecule has 3 aromatic rings. The molecule has 0 bridgehead atoms. The van der Waals surface area contributed by atoms with Crippen molar-refractivity contribution < 1.29 is 4.74 Å². The zero-order valence-electron chi connectivity index (χ0n) is 17.3. The first kappa shape index (κ1) is 19.8. The predicted molar refractivity (Wildman–Crippen MR) is 119 cm³/mol. The minimum atomic E-state index is 0.000303. The Balaban J connectivity index is 2.09. The monoisotopic (exact) mass is 374 g/mol. The Bertz CT molecular complexity index is 858. The standard InChI is InChI=1S/C25H30N2O/c1-25(2,3)21-15-22(26)24(28-4)23(16-21)27(17-19-11-7-5-8-12-19)18-20-13-9-6-10-14-20/h5-16H,17-18,26H2,1-4H3. The molecule has 3 aromatic carbocycles. The van der Waals surface area contributed by atoms with Crippen LogP contribution in [0.4, 0.5) is 11.4 Å². The maximum Gasteiger partial charge on any atom is 0.165 e. The number of hydrogen-bond acceptors (Lipinski definition) is 3. The first-order valence-corrected chi connectivity index (χ1v) is 9.69. The van der Waals surface area contributed by atoms with Crippen LogP contribution in [0.1, 0.15) is 37.5 Å². The van der Waals surface area contributed by atoms with Crippen LogP contribution >= 0.6 is 0 Å². The largest absolute Gasteiger partial charge is 0.492 e. The zero-order valence-corrected chi connectivity index (χ0v) is 17.3. The topological polar surface area (TPSA) is 38.5 Å². The molecule has 0 aliphatic carbocycles. The zero-order chi connectivity index (χ0) is 20.1. The third-order valence-corrected chi connectivity index (χ3v) is 4.94. The molecule has 0 fully saturated rings. The van der Waals surface area contributed by atoms with Crippen molar-refractivity contribution in [2.24, 2.45) is 0 Å². The van der Waals surface area contributed by atoms with Gasteiger partial charge in [0.1, 0.15) is 0 Å². The van der Waals surface area contributed by atoms with Gasteiger partial charge in [0.2, 0.25) is 0 Å². The van der Waals surface area contributed by atoms with E-state index in [1.165, 1.54) is 16.7 Å². The second kappa shape index (κ2) is 8.39. The van der Waals surface area contributed by atoms with Gasteiger partial charge in [-0.1, -0.05) is 81.4 Å². The maximum atomic E-state index is 6.40. The normalized spacial score (nSPS) is 11.3. The molecule has 0 radical (unpaired) electrons. The summed E-state index contributed by atoms with van der Waals surface area (Å²) in [5.41, 5.74) is 11.8. The lowest BCUT2D eigenvalue weighted by Crippen LogP contribution is -2.24. The summed E-state index contributed by atoms with van der Waals surface area (Å²) < 4.78 is 5.73. The second-order valence-electron chi connectivity index (χ2n) is 8.20. The first-order chi connectivity index (χ1) is 13.4. The van der Waals surface area contributed by atoms with Crippen LogP contribution in [0.25, 0.3) is 0 Å². The summed E-state index contributed by atoms with van der Waals surface area (Å²) in [6.07, 6.45) is 0. The molecular weight excluding hydrogens is 344 g/mol. The summed E-state index contributed by atoms with van der Waals surface area (Å²) in [4.78, 5) is 2.34. The Labute approximate surface area is 168 Å². The minimum absolute atomic E-state index is 0.000303. The van der Waals surface area contributed by atoms with Crippen molar-refractivity contribution in [3.05, 3.63) is 89.5 Å². The smallest absolute Gasteiger partial charge is 0.165 e. The van der Waals surface area contributed by atoms with E-state index < -0.39 is 0 Å². The molecule has 28 heavy (non-hydrogen) atoms. The van der Waals surface area contributed by atoms with E-state index in [1.54, 1.807) is 7.11 Å². The van der Waals surface area contributed by atoms with Gasteiger partial charge in [-0.15, -0.1) is 0 Å². The number of rotatable bonds is 6. The van der Waals surface area contributed by atoms with E-state index in [0.717, 1.165) is 24.5 Å². The fourth-order valence-corrected chi connectivity index (χ4v) is 3.36. The van der Waals surface area contributed by atoms with Crippen molar-refractivity contribution in [3.8, 4) is 5.75 Å². The Kier molecular flexibility index (Phi) is 5.93. The van der Waals surface area contributed by atoms with Gasteiger partial charge in [-0.05, 0) is 34.2 Å². The lowest BCUT2D eigenvalue weighted by Gasteiger charge is -2.30. The lowest BCUT2D eigenvalue weighted by molar-refractivity contribution is 0.415. The van der Waals surface area contributed by atoms with E-state index in [0.29, 0.717) is 5.69 Å². The molecule has 3 rings (SSSR count). The highest BCUT2D eigenvalue weighted by Crippen LogP contribution is 2.40. The fraction of sp³-hybridized carbons (Fsp3) is 0.280. The van der Waals surface area contributed by atoms with Crippen LogP contribution in [0.3, 0.4) is 0 Å². The highest BCUT2D eigenvalue weighted by Gasteiger charge is 2.22. The van der Waals surface area contributed by atoms with Crippen molar-refractivity contribution in [1.29, 1.82) is 0 Å². The molecule has 0 heterocycles. The Hall–Kier alpha value is -2.94. The van der Waals surface area contributed by atoms with Gasteiger partial charge in [0.25, 0.3) is 0 Å². The molecule has 0 saturated heterocycles. The maximum absolute atomic E-state index is 6.40. The first-order valence-electron chi connectivity index (χ1n) is 9.69. The summed E-state index contributed by atoms with van der Waals surface area (Å²) in [5.74, 6) is 0.736. The van der Waals surface area contributed by atoms with Crippen LogP contribution in [-0.2, 0) is 18.5 Å². The summed E-state index contributed by atoms with van der Waals surface area (Å²) in [7, 11) is 1.69. The highest BCUT2D eigenvalue weighted by molar-refractivity contribution is 5.72. The average molecular weight is 375 g/mol. The van der Waals surface area contributed by atoms with Gasteiger partial charge in [-0.25, -0.2) is 0 Å². The van der Waals surface area contributed by atoms with Gasteiger partial charge in [0.15, 0.2) is 5.75 Å². The predicted octanol–water partition coefficient (Wildman–Crippen LogP) is 5.78. The molecule has 0 amide bonds. The van der Waals surface area contributed by atoms with Crippen LogP contribution in [0.2, 0.25) is 0 Å². The van der Waals surface area contributed by atoms with Crippen LogP contribution in [-0.4, -0.2) is 7.11 Å². The van der Waals surface area contributed by atoms with Crippen molar-refractivity contribution in [3.63, 3.8) is 0 Å². The van der Waals surface area contributed by atoms with Gasteiger partial charge in [-0.2, -0.15) is 0 Å². The van der Waals surface area contributed by atoms with Crippen molar-refractivity contribution >= 4 is 11.4 Å². The summed E-state index contributed by atoms with van der Waals surface area (Å²) in [6.45, 7) is 8.17. The van der Waals surface area contributed by atoms with E-state index in [9.17, 15) is 0 Å².